The third-order valence-electron chi connectivity index (χ3n) is 3.97. The number of carbonyl (C=O) groups excluding carboxylic acids is 1. The van der Waals surface area contributed by atoms with Crippen molar-refractivity contribution in [3.8, 4) is 0 Å². The van der Waals surface area contributed by atoms with Gasteiger partial charge in [0, 0.05) is 13.1 Å². The Morgan fingerprint density at radius 1 is 1.14 bits per heavy atom. The van der Waals surface area contributed by atoms with E-state index in [-0.39, 0.29) is 18.1 Å². The van der Waals surface area contributed by atoms with E-state index in [2.05, 4.69) is 31.2 Å². The smallest absolute Gasteiger partial charge is 0.227 e. The van der Waals surface area contributed by atoms with Gasteiger partial charge in [0.2, 0.25) is 5.91 Å². The number of morpholine rings is 1. The van der Waals surface area contributed by atoms with E-state index >= 15 is 0 Å². The molecule has 2 unspecified atom stereocenters. The van der Waals surface area contributed by atoms with Gasteiger partial charge in [-0.3, -0.25) is 4.79 Å². The normalized spacial score (nSPS) is 22.3. The largest absolute Gasteiger partial charge is 0.372 e. The van der Waals surface area contributed by atoms with Gasteiger partial charge in [-0.1, -0.05) is 37.6 Å². The van der Waals surface area contributed by atoms with Crippen LogP contribution in [0.4, 0.5) is 0 Å². The maximum absolute atomic E-state index is 12.4. The quantitative estimate of drug-likeness (QED) is 0.833. The third-order valence-corrected chi connectivity index (χ3v) is 3.97. The van der Waals surface area contributed by atoms with Crippen LogP contribution in [0.1, 0.15) is 44.7 Å². The summed E-state index contributed by atoms with van der Waals surface area (Å²) in [6, 6.07) is 8.50. The summed E-state index contributed by atoms with van der Waals surface area (Å²) in [4.78, 5) is 14.3. The van der Waals surface area contributed by atoms with Gasteiger partial charge < -0.3 is 9.64 Å². The van der Waals surface area contributed by atoms with Crippen molar-refractivity contribution >= 4 is 5.91 Å². The Bertz CT molecular complexity index is 445. The van der Waals surface area contributed by atoms with Crippen LogP contribution in [-0.2, 0) is 22.4 Å². The summed E-state index contributed by atoms with van der Waals surface area (Å²) >= 11 is 0. The Labute approximate surface area is 128 Å². The van der Waals surface area contributed by atoms with Gasteiger partial charge in [0.05, 0.1) is 18.6 Å². The van der Waals surface area contributed by atoms with Crippen molar-refractivity contribution in [3.63, 3.8) is 0 Å². The van der Waals surface area contributed by atoms with Gasteiger partial charge in [-0.25, -0.2) is 0 Å². The minimum atomic E-state index is 0.133. The highest BCUT2D eigenvalue weighted by Gasteiger charge is 2.25. The van der Waals surface area contributed by atoms with Crippen LogP contribution >= 0.6 is 0 Å². The monoisotopic (exact) mass is 289 g/mol. The fourth-order valence-electron chi connectivity index (χ4n) is 2.87. The number of benzene rings is 1. The number of unbranched alkanes of at least 4 members (excludes halogenated alkanes) is 1. The molecule has 0 spiro atoms. The van der Waals surface area contributed by atoms with Crippen molar-refractivity contribution in [2.24, 2.45) is 0 Å². The summed E-state index contributed by atoms with van der Waals surface area (Å²) in [5.74, 6) is 0.207. The van der Waals surface area contributed by atoms with E-state index in [0.29, 0.717) is 19.5 Å². The first-order chi connectivity index (χ1) is 10.1. The lowest BCUT2D eigenvalue weighted by atomic mass is 10.0. The van der Waals surface area contributed by atoms with Gasteiger partial charge in [0.25, 0.3) is 0 Å². The topological polar surface area (TPSA) is 29.5 Å². The molecule has 1 aliphatic rings. The molecule has 2 rings (SSSR count). The van der Waals surface area contributed by atoms with Crippen LogP contribution in [-0.4, -0.2) is 36.1 Å². The second-order valence-corrected chi connectivity index (χ2v) is 6.15. The number of rotatable bonds is 5. The Balaban J connectivity index is 1.90. The lowest BCUT2D eigenvalue weighted by Gasteiger charge is -2.35. The van der Waals surface area contributed by atoms with E-state index in [9.17, 15) is 4.79 Å². The van der Waals surface area contributed by atoms with E-state index in [1.807, 2.05) is 18.7 Å². The first-order valence-electron chi connectivity index (χ1n) is 8.09. The molecule has 0 radical (unpaired) electrons. The van der Waals surface area contributed by atoms with Gasteiger partial charge in [-0.05, 0) is 37.8 Å². The number of nitrogens with zero attached hydrogens (tertiary/aromatic N) is 1. The molecule has 0 N–H and O–H groups in total. The number of hydrogen-bond acceptors (Lipinski definition) is 2. The lowest BCUT2D eigenvalue weighted by Crippen LogP contribution is -2.48. The zero-order valence-corrected chi connectivity index (χ0v) is 13.5. The highest BCUT2D eigenvalue weighted by Crippen LogP contribution is 2.14. The lowest BCUT2D eigenvalue weighted by molar-refractivity contribution is -0.142. The number of amides is 1. The fraction of sp³-hybridized carbons (Fsp3) is 0.611. The van der Waals surface area contributed by atoms with Gasteiger partial charge in [-0.2, -0.15) is 0 Å². The van der Waals surface area contributed by atoms with Crippen LogP contribution in [0.15, 0.2) is 24.3 Å². The van der Waals surface area contributed by atoms with Gasteiger partial charge >= 0.3 is 0 Å². The van der Waals surface area contributed by atoms with Crippen LogP contribution in [0.3, 0.4) is 0 Å². The molecule has 1 heterocycles. The molecule has 0 saturated carbocycles. The van der Waals surface area contributed by atoms with Crippen molar-refractivity contribution in [3.05, 3.63) is 35.4 Å². The number of aryl methyl sites for hydroxylation is 1. The zero-order valence-electron chi connectivity index (χ0n) is 13.5. The standard InChI is InChI=1S/C18H27NO2/c1-4-5-6-16-7-9-17(10-8-16)11-18(20)19-12-14(2)21-15(3)13-19/h7-10,14-15H,4-6,11-13H2,1-3H3. The van der Waals surface area contributed by atoms with Crippen molar-refractivity contribution < 1.29 is 9.53 Å². The van der Waals surface area contributed by atoms with Crippen LogP contribution in [0.25, 0.3) is 0 Å². The minimum Gasteiger partial charge on any atom is -0.372 e. The molecular weight excluding hydrogens is 262 g/mol. The van der Waals surface area contributed by atoms with Crippen LogP contribution in [0.5, 0.6) is 0 Å². The molecule has 0 aliphatic carbocycles. The number of carbonyl (C=O) groups is 1. The van der Waals surface area contributed by atoms with E-state index in [4.69, 9.17) is 4.74 Å². The molecule has 1 fully saturated rings. The Hall–Kier alpha value is -1.35. The Kier molecular flexibility index (Phi) is 5.80. The average Bonchev–Trinajstić information content (AvgIpc) is 2.45. The van der Waals surface area contributed by atoms with E-state index in [1.165, 1.54) is 18.4 Å². The van der Waals surface area contributed by atoms with Crippen LogP contribution in [0.2, 0.25) is 0 Å². The molecule has 2 atom stereocenters. The minimum absolute atomic E-state index is 0.133. The van der Waals surface area contributed by atoms with Crippen molar-refractivity contribution in [1.29, 1.82) is 0 Å². The molecule has 0 aromatic heterocycles. The number of hydrogen-bond donors (Lipinski definition) is 0. The second-order valence-electron chi connectivity index (χ2n) is 6.15. The van der Waals surface area contributed by atoms with Crippen molar-refractivity contribution in [2.75, 3.05) is 13.1 Å². The zero-order chi connectivity index (χ0) is 15.2. The first kappa shape index (κ1) is 16.0. The summed E-state index contributed by atoms with van der Waals surface area (Å²) in [7, 11) is 0. The van der Waals surface area contributed by atoms with E-state index in [0.717, 1.165) is 12.0 Å². The van der Waals surface area contributed by atoms with Gasteiger partial charge in [0.1, 0.15) is 0 Å². The molecule has 0 bridgehead atoms. The van der Waals surface area contributed by atoms with Crippen molar-refractivity contribution in [2.45, 2.75) is 58.7 Å². The number of ether oxygens (including phenoxy) is 1. The first-order valence-corrected chi connectivity index (χ1v) is 8.09. The van der Waals surface area contributed by atoms with Gasteiger partial charge in [-0.15, -0.1) is 0 Å². The summed E-state index contributed by atoms with van der Waals surface area (Å²) in [5.41, 5.74) is 2.47. The molecule has 21 heavy (non-hydrogen) atoms. The molecule has 1 aliphatic heterocycles. The molecule has 1 aromatic rings. The predicted molar refractivity (Wildman–Crippen MR) is 85.3 cm³/mol. The van der Waals surface area contributed by atoms with E-state index in [1.54, 1.807) is 0 Å². The fourth-order valence-corrected chi connectivity index (χ4v) is 2.87. The molecular formula is C18H27NO2. The summed E-state index contributed by atoms with van der Waals surface area (Å²) in [6.45, 7) is 7.67. The molecule has 1 saturated heterocycles. The molecule has 116 valence electrons. The van der Waals surface area contributed by atoms with E-state index < -0.39 is 0 Å². The maximum atomic E-state index is 12.4. The molecule has 3 nitrogen and oxygen atoms in total. The van der Waals surface area contributed by atoms with Crippen molar-refractivity contribution in [1.82, 2.24) is 4.90 Å². The molecule has 1 aromatic carbocycles. The summed E-state index contributed by atoms with van der Waals surface area (Å²) < 4.78 is 5.68. The average molecular weight is 289 g/mol. The third kappa shape index (κ3) is 4.85. The Morgan fingerprint density at radius 2 is 1.71 bits per heavy atom. The van der Waals surface area contributed by atoms with Gasteiger partial charge in [0.15, 0.2) is 0 Å². The highest BCUT2D eigenvalue weighted by atomic mass is 16.5. The highest BCUT2D eigenvalue weighted by molar-refractivity contribution is 5.79. The maximum Gasteiger partial charge on any atom is 0.227 e. The van der Waals surface area contributed by atoms with Crippen LogP contribution < -0.4 is 0 Å². The Morgan fingerprint density at radius 3 is 2.29 bits per heavy atom. The summed E-state index contributed by atoms with van der Waals surface area (Å²) in [6.07, 6.45) is 4.33. The molecule has 3 heteroatoms. The van der Waals surface area contributed by atoms with Crippen LogP contribution in [0, 0.1) is 0 Å². The molecule has 1 amide bonds. The summed E-state index contributed by atoms with van der Waals surface area (Å²) in [5, 5.41) is 0. The predicted octanol–water partition coefficient (Wildman–Crippen LogP) is 3.21. The SMILES string of the molecule is CCCCc1ccc(CC(=O)N2CC(C)OC(C)C2)cc1. The second kappa shape index (κ2) is 7.60.